The molecule has 0 spiro atoms. The van der Waals surface area contributed by atoms with E-state index in [0.717, 1.165) is 22.3 Å². The Labute approximate surface area is 194 Å². The van der Waals surface area contributed by atoms with Gasteiger partial charge in [0.15, 0.2) is 0 Å². The van der Waals surface area contributed by atoms with E-state index in [1.807, 2.05) is 50.2 Å². The zero-order chi connectivity index (χ0) is 23.5. The fourth-order valence-corrected chi connectivity index (χ4v) is 4.81. The summed E-state index contributed by atoms with van der Waals surface area (Å²) in [5, 5.41) is 22.0. The fraction of sp³-hybridized carbons (Fsp3) is 0.423. The number of likely N-dealkylation sites (tertiary alicyclic amines) is 1. The molecular weight excluding hydrogens is 418 g/mol. The lowest BCUT2D eigenvalue weighted by atomic mass is 9.97. The lowest BCUT2D eigenvalue weighted by Gasteiger charge is -2.29. The normalized spacial score (nSPS) is 21.0. The Balaban J connectivity index is 1.46. The van der Waals surface area contributed by atoms with Crippen LogP contribution in [0.5, 0.6) is 0 Å². The van der Waals surface area contributed by atoms with Gasteiger partial charge in [0.05, 0.1) is 12.2 Å². The predicted molar refractivity (Wildman–Crippen MR) is 123 cm³/mol. The number of carbonyl (C=O) groups excluding carboxylic acids is 2. The van der Waals surface area contributed by atoms with Gasteiger partial charge in [-0.25, -0.2) is 4.79 Å². The van der Waals surface area contributed by atoms with Crippen molar-refractivity contribution >= 4 is 12.0 Å². The van der Waals surface area contributed by atoms with Gasteiger partial charge >= 0.3 is 6.09 Å². The quantitative estimate of drug-likeness (QED) is 0.706. The highest BCUT2D eigenvalue weighted by Gasteiger charge is 2.39. The van der Waals surface area contributed by atoms with Crippen LogP contribution in [-0.2, 0) is 9.53 Å². The SMILES string of the molecule is CC[C@H](C)[C@H](NC(=O)OCC1c2ccccc2-c2ccccc21)C(=O)N1C[C@H](O)C[C@H]1C#N. The van der Waals surface area contributed by atoms with Crippen LogP contribution >= 0.6 is 0 Å². The average molecular weight is 448 g/mol. The number of hydrogen-bond acceptors (Lipinski definition) is 5. The van der Waals surface area contributed by atoms with Crippen molar-refractivity contribution < 1.29 is 19.4 Å². The molecule has 1 fully saturated rings. The van der Waals surface area contributed by atoms with Crippen LogP contribution in [0.1, 0.15) is 43.7 Å². The van der Waals surface area contributed by atoms with Crippen LogP contribution in [0, 0.1) is 17.2 Å². The largest absolute Gasteiger partial charge is 0.449 e. The maximum absolute atomic E-state index is 13.2. The van der Waals surface area contributed by atoms with Crippen molar-refractivity contribution in [1.82, 2.24) is 10.2 Å². The lowest BCUT2D eigenvalue weighted by Crippen LogP contribution is -2.53. The Kier molecular flexibility index (Phi) is 6.66. The number of hydrogen-bond donors (Lipinski definition) is 2. The molecule has 33 heavy (non-hydrogen) atoms. The second-order valence-electron chi connectivity index (χ2n) is 8.86. The summed E-state index contributed by atoms with van der Waals surface area (Å²) < 4.78 is 5.62. The molecule has 0 unspecified atom stereocenters. The molecule has 2 aliphatic rings. The number of rotatable bonds is 6. The van der Waals surface area contributed by atoms with Crippen LogP contribution in [0.25, 0.3) is 11.1 Å². The van der Waals surface area contributed by atoms with Crippen molar-refractivity contribution in [3.63, 3.8) is 0 Å². The summed E-state index contributed by atoms with van der Waals surface area (Å²) in [7, 11) is 0. The molecule has 2 aromatic carbocycles. The van der Waals surface area contributed by atoms with Gasteiger partial charge in [-0.2, -0.15) is 5.26 Å². The molecule has 2 N–H and O–H groups in total. The maximum Gasteiger partial charge on any atom is 0.407 e. The highest BCUT2D eigenvalue weighted by atomic mass is 16.5. The third-order valence-electron chi connectivity index (χ3n) is 6.81. The molecule has 1 aliphatic carbocycles. The third kappa shape index (κ3) is 4.44. The van der Waals surface area contributed by atoms with Crippen LogP contribution < -0.4 is 5.32 Å². The number of fused-ring (bicyclic) bond motifs is 3. The van der Waals surface area contributed by atoms with Gasteiger partial charge < -0.3 is 20.1 Å². The second kappa shape index (κ2) is 9.63. The Morgan fingerprint density at radius 2 is 1.79 bits per heavy atom. The monoisotopic (exact) mass is 447 g/mol. The van der Waals surface area contributed by atoms with E-state index < -0.39 is 24.3 Å². The molecule has 172 valence electrons. The Hall–Kier alpha value is -3.37. The number of amides is 2. The molecule has 7 nitrogen and oxygen atoms in total. The van der Waals surface area contributed by atoms with Gasteiger partial charge in [-0.3, -0.25) is 4.79 Å². The number of ether oxygens (including phenoxy) is 1. The zero-order valence-electron chi connectivity index (χ0n) is 18.9. The standard InChI is InChI=1S/C26H29N3O4/c1-3-16(2)24(25(31)29-14-18(30)12-17(29)13-27)28-26(32)33-15-23-21-10-6-4-8-19(21)20-9-5-7-11-22(20)23/h4-11,16-18,23-24,30H,3,12,14-15H2,1-2H3,(H,28,32)/t16-,17-,18+,24-/m0/s1. The number of nitriles is 1. The number of benzene rings is 2. The highest BCUT2D eigenvalue weighted by Crippen LogP contribution is 2.44. The summed E-state index contributed by atoms with van der Waals surface area (Å²) in [6, 6.07) is 16.7. The lowest BCUT2D eigenvalue weighted by molar-refractivity contribution is -0.135. The number of aliphatic hydroxyl groups is 1. The number of nitrogens with zero attached hydrogens (tertiary/aromatic N) is 2. The summed E-state index contributed by atoms with van der Waals surface area (Å²) in [6.45, 7) is 4.06. The summed E-state index contributed by atoms with van der Waals surface area (Å²) in [4.78, 5) is 27.3. The highest BCUT2D eigenvalue weighted by molar-refractivity contribution is 5.87. The van der Waals surface area contributed by atoms with E-state index in [0.29, 0.717) is 6.42 Å². The molecular formula is C26H29N3O4. The average Bonchev–Trinajstić information content (AvgIpc) is 3.38. The summed E-state index contributed by atoms with van der Waals surface area (Å²) in [5.74, 6) is -0.589. The van der Waals surface area contributed by atoms with E-state index >= 15 is 0 Å². The minimum atomic E-state index is -0.827. The first kappa shape index (κ1) is 22.8. The fourth-order valence-electron chi connectivity index (χ4n) is 4.81. The molecule has 0 bridgehead atoms. The van der Waals surface area contributed by atoms with Gasteiger partial charge in [-0.1, -0.05) is 68.8 Å². The van der Waals surface area contributed by atoms with Gasteiger partial charge in [-0.05, 0) is 28.2 Å². The first-order valence-corrected chi connectivity index (χ1v) is 11.4. The second-order valence-corrected chi connectivity index (χ2v) is 8.86. The van der Waals surface area contributed by atoms with Crippen molar-refractivity contribution in [3.05, 3.63) is 59.7 Å². The molecule has 0 aromatic heterocycles. The number of aliphatic hydroxyl groups excluding tert-OH is 1. The molecule has 0 radical (unpaired) electrons. The molecule has 7 heteroatoms. The van der Waals surface area contributed by atoms with E-state index in [1.165, 1.54) is 4.90 Å². The van der Waals surface area contributed by atoms with E-state index in [2.05, 4.69) is 23.5 Å². The van der Waals surface area contributed by atoms with Crippen LogP contribution in [0.3, 0.4) is 0 Å². The van der Waals surface area contributed by atoms with Gasteiger partial charge in [0.2, 0.25) is 5.91 Å². The summed E-state index contributed by atoms with van der Waals surface area (Å²) >= 11 is 0. The Morgan fingerprint density at radius 3 is 2.36 bits per heavy atom. The van der Waals surface area contributed by atoms with E-state index in [1.54, 1.807) is 0 Å². The molecule has 1 heterocycles. The molecule has 2 amide bonds. The van der Waals surface area contributed by atoms with E-state index in [-0.39, 0.29) is 37.3 Å². The van der Waals surface area contributed by atoms with Crippen LogP contribution in [0.2, 0.25) is 0 Å². The molecule has 2 aromatic rings. The first-order valence-electron chi connectivity index (χ1n) is 11.4. The number of β-amino-alcohol motifs (C(OH)–C–C–N with tert-alkyl or cyclic N) is 1. The topological polar surface area (TPSA) is 103 Å². The molecule has 4 rings (SSSR count). The molecule has 0 saturated carbocycles. The number of carbonyl (C=O) groups is 2. The Morgan fingerprint density at radius 1 is 1.18 bits per heavy atom. The minimum Gasteiger partial charge on any atom is -0.449 e. The van der Waals surface area contributed by atoms with E-state index in [9.17, 15) is 20.0 Å². The minimum absolute atomic E-state index is 0.0717. The van der Waals surface area contributed by atoms with Crippen LogP contribution in [0.15, 0.2) is 48.5 Å². The maximum atomic E-state index is 13.2. The van der Waals surface area contributed by atoms with Crippen molar-refractivity contribution in [1.29, 1.82) is 5.26 Å². The number of alkyl carbamates (subject to hydrolysis) is 1. The first-order chi connectivity index (χ1) is 15.9. The van der Waals surface area contributed by atoms with Crippen molar-refractivity contribution in [2.75, 3.05) is 13.2 Å². The zero-order valence-corrected chi connectivity index (χ0v) is 18.9. The third-order valence-corrected chi connectivity index (χ3v) is 6.81. The summed E-state index contributed by atoms with van der Waals surface area (Å²) in [5.41, 5.74) is 4.52. The Bertz CT molecular complexity index is 1030. The van der Waals surface area contributed by atoms with Crippen molar-refractivity contribution in [2.24, 2.45) is 5.92 Å². The van der Waals surface area contributed by atoms with Crippen molar-refractivity contribution in [2.45, 2.75) is 50.8 Å². The van der Waals surface area contributed by atoms with Gasteiger partial charge in [0, 0.05) is 18.9 Å². The molecule has 1 aliphatic heterocycles. The number of nitrogens with one attached hydrogen (secondary N) is 1. The van der Waals surface area contributed by atoms with E-state index in [4.69, 9.17) is 4.74 Å². The van der Waals surface area contributed by atoms with Crippen LogP contribution in [-0.4, -0.2) is 53.3 Å². The smallest absolute Gasteiger partial charge is 0.407 e. The van der Waals surface area contributed by atoms with Gasteiger partial charge in [0.1, 0.15) is 18.7 Å². The molecule has 1 saturated heterocycles. The predicted octanol–water partition coefficient (Wildman–Crippen LogP) is 3.43. The van der Waals surface area contributed by atoms with Gasteiger partial charge in [0.25, 0.3) is 0 Å². The van der Waals surface area contributed by atoms with Crippen molar-refractivity contribution in [3.8, 4) is 17.2 Å². The summed E-state index contributed by atoms with van der Waals surface area (Å²) in [6.07, 6.45) is -0.511. The molecule has 4 atom stereocenters. The van der Waals surface area contributed by atoms with Gasteiger partial charge in [-0.15, -0.1) is 0 Å². The van der Waals surface area contributed by atoms with Crippen LogP contribution in [0.4, 0.5) is 4.79 Å².